The average Bonchev–Trinajstić information content (AvgIpc) is 3.44. The highest BCUT2D eigenvalue weighted by molar-refractivity contribution is 7.19. The molecule has 1 aromatic heterocycles. The van der Waals surface area contributed by atoms with E-state index >= 15 is 0 Å². The Morgan fingerprint density at radius 3 is 2.31 bits per heavy atom. The minimum absolute atomic E-state index is 0.377. The van der Waals surface area contributed by atoms with Gasteiger partial charge in [-0.1, -0.05) is 48.0 Å². The number of carbonyl (C=O) groups is 2. The van der Waals surface area contributed by atoms with Crippen LogP contribution in [0, 0.1) is 0 Å². The second kappa shape index (κ2) is 7.21. The van der Waals surface area contributed by atoms with Crippen molar-refractivity contribution in [3.8, 4) is 27.3 Å². The fourth-order valence-corrected chi connectivity index (χ4v) is 4.78. The number of halogens is 1. The number of ether oxygens (including phenoxy) is 1. The lowest BCUT2D eigenvalue weighted by Crippen LogP contribution is -2.19. The number of amides is 1. The maximum atomic E-state index is 11.7. The first-order valence-corrected chi connectivity index (χ1v) is 10.2. The maximum Gasteiger partial charge on any atom is 0.314 e. The van der Waals surface area contributed by atoms with Crippen molar-refractivity contribution >= 4 is 34.8 Å². The molecule has 0 bridgehead atoms. The molecule has 1 fully saturated rings. The van der Waals surface area contributed by atoms with Gasteiger partial charge in [0.25, 0.3) is 0 Å². The summed E-state index contributed by atoms with van der Waals surface area (Å²) < 4.78 is 6.06. The maximum absolute atomic E-state index is 11.7. The molecule has 0 radical (unpaired) electrons. The minimum atomic E-state index is -0.771. The molecule has 1 heterocycles. The van der Waals surface area contributed by atoms with E-state index in [2.05, 4.69) is 0 Å². The van der Waals surface area contributed by atoms with E-state index in [-0.39, 0.29) is 0 Å². The topological polar surface area (TPSA) is 89.6 Å². The van der Waals surface area contributed by atoms with E-state index in [0.29, 0.717) is 33.4 Å². The predicted molar refractivity (Wildman–Crippen MR) is 114 cm³/mol. The molecule has 148 valence electrons. The molecule has 5 nitrogen and oxygen atoms in total. The standard InChI is InChI=1S/C22H18ClNO4S/c1-28-17-10-13(19-16(20(24)25)11-18(23)29-19)4-7-15(17)12-2-5-14(6-3-12)22(8-9-22)21(26)27/h2-7,10-11H,8-9H2,1H3,(H2,24,25)(H,26,27). The fraction of sp³-hybridized carbons (Fsp3) is 0.182. The Bertz CT molecular complexity index is 1120. The van der Waals surface area contributed by atoms with Gasteiger partial charge in [-0.25, -0.2) is 0 Å². The van der Waals surface area contributed by atoms with E-state index in [4.69, 9.17) is 22.1 Å². The van der Waals surface area contributed by atoms with E-state index in [9.17, 15) is 14.7 Å². The van der Waals surface area contributed by atoms with E-state index in [1.807, 2.05) is 42.5 Å². The second-order valence-electron chi connectivity index (χ2n) is 7.04. The number of hydrogen-bond acceptors (Lipinski definition) is 4. The molecule has 0 unspecified atom stereocenters. The van der Waals surface area contributed by atoms with E-state index in [1.165, 1.54) is 11.3 Å². The molecular formula is C22H18ClNO4S. The largest absolute Gasteiger partial charge is 0.496 e. The number of carboxylic acid groups (broad SMARTS) is 1. The number of rotatable bonds is 6. The number of primary amides is 1. The molecular weight excluding hydrogens is 410 g/mol. The van der Waals surface area contributed by atoms with Gasteiger partial charge < -0.3 is 15.6 Å². The third kappa shape index (κ3) is 3.39. The van der Waals surface area contributed by atoms with Crippen LogP contribution in [0.2, 0.25) is 4.34 Å². The molecule has 0 saturated heterocycles. The number of thiophene rings is 1. The van der Waals surface area contributed by atoms with E-state index in [1.54, 1.807) is 13.2 Å². The van der Waals surface area contributed by atoms with Gasteiger partial charge >= 0.3 is 5.97 Å². The molecule has 4 rings (SSSR count). The molecule has 29 heavy (non-hydrogen) atoms. The SMILES string of the molecule is COc1cc(-c2sc(Cl)cc2C(N)=O)ccc1-c1ccc(C2(C(=O)O)CC2)cc1. The van der Waals surface area contributed by atoms with Crippen LogP contribution < -0.4 is 10.5 Å². The highest BCUT2D eigenvalue weighted by atomic mass is 35.5. The molecule has 7 heteroatoms. The normalized spacial score (nSPS) is 14.4. The Hall–Kier alpha value is -2.83. The van der Waals surface area contributed by atoms with Gasteiger partial charge in [-0.3, -0.25) is 9.59 Å². The fourth-order valence-electron chi connectivity index (χ4n) is 3.55. The number of carbonyl (C=O) groups excluding carboxylic acids is 1. The molecule has 0 aliphatic heterocycles. The van der Waals surface area contributed by atoms with Crippen LogP contribution in [0.4, 0.5) is 0 Å². The van der Waals surface area contributed by atoms with Crippen molar-refractivity contribution in [2.45, 2.75) is 18.3 Å². The smallest absolute Gasteiger partial charge is 0.314 e. The average molecular weight is 428 g/mol. The summed E-state index contributed by atoms with van der Waals surface area (Å²) in [4.78, 5) is 23.9. The molecule has 1 amide bonds. The van der Waals surface area contributed by atoms with Crippen LogP contribution in [0.5, 0.6) is 5.75 Å². The van der Waals surface area contributed by atoms with Crippen LogP contribution in [0.15, 0.2) is 48.5 Å². The highest BCUT2D eigenvalue weighted by Gasteiger charge is 2.51. The van der Waals surface area contributed by atoms with Crippen LogP contribution in [0.25, 0.3) is 21.6 Å². The Labute approximate surface area is 176 Å². The lowest BCUT2D eigenvalue weighted by molar-refractivity contribution is -0.140. The van der Waals surface area contributed by atoms with Crippen LogP contribution in [-0.4, -0.2) is 24.1 Å². The van der Waals surface area contributed by atoms with Crippen molar-refractivity contribution in [3.05, 3.63) is 64.0 Å². The molecule has 2 aromatic carbocycles. The summed E-state index contributed by atoms with van der Waals surface area (Å²) in [5, 5.41) is 9.47. The molecule has 1 aliphatic carbocycles. The van der Waals surface area contributed by atoms with Crippen molar-refractivity contribution in [1.82, 2.24) is 0 Å². The lowest BCUT2D eigenvalue weighted by Gasteiger charge is -2.14. The molecule has 3 aromatic rings. The summed E-state index contributed by atoms with van der Waals surface area (Å²) in [6, 6.07) is 14.8. The predicted octanol–water partition coefficient (Wildman–Crippen LogP) is 4.96. The van der Waals surface area contributed by atoms with Gasteiger partial charge in [0.15, 0.2) is 0 Å². The first kappa shape index (κ1) is 19.5. The first-order chi connectivity index (χ1) is 13.9. The number of carboxylic acids is 1. The summed E-state index contributed by atoms with van der Waals surface area (Å²) >= 11 is 7.36. The van der Waals surface area contributed by atoms with Gasteiger partial charge in [-0.2, -0.15) is 0 Å². The summed E-state index contributed by atoms with van der Waals surface area (Å²) in [7, 11) is 1.58. The second-order valence-corrected chi connectivity index (χ2v) is 8.72. The zero-order valence-electron chi connectivity index (χ0n) is 15.6. The number of methoxy groups -OCH3 is 1. The van der Waals surface area contributed by atoms with Gasteiger partial charge in [-0.05, 0) is 41.7 Å². The van der Waals surface area contributed by atoms with Gasteiger partial charge in [-0.15, -0.1) is 11.3 Å². The Kier molecular flexibility index (Phi) is 4.84. The van der Waals surface area contributed by atoms with Gasteiger partial charge in [0, 0.05) is 10.4 Å². The van der Waals surface area contributed by atoms with Crippen LogP contribution in [0.1, 0.15) is 28.8 Å². The molecule has 1 aliphatic rings. The van der Waals surface area contributed by atoms with Crippen LogP contribution >= 0.6 is 22.9 Å². The van der Waals surface area contributed by atoms with Crippen LogP contribution in [-0.2, 0) is 10.2 Å². The van der Waals surface area contributed by atoms with E-state index < -0.39 is 17.3 Å². The van der Waals surface area contributed by atoms with Crippen molar-refractivity contribution in [2.75, 3.05) is 7.11 Å². The molecule has 0 atom stereocenters. The zero-order chi connectivity index (χ0) is 20.8. The minimum Gasteiger partial charge on any atom is -0.496 e. The number of nitrogens with two attached hydrogens (primary N) is 1. The Balaban J connectivity index is 1.71. The van der Waals surface area contributed by atoms with Crippen molar-refractivity contribution in [3.63, 3.8) is 0 Å². The third-order valence-electron chi connectivity index (χ3n) is 5.34. The number of hydrogen-bond donors (Lipinski definition) is 2. The molecule has 3 N–H and O–H groups in total. The number of benzene rings is 2. The van der Waals surface area contributed by atoms with Gasteiger partial charge in [0.05, 0.1) is 22.4 Å². The first-order valence-electron chi connectivity index (χ1n) is 8.97. The molecule has 0 spiro atoms. The Morgan fingerprint density at radius 1 is 1.10 bits per heavy atom. The van der Waals surface area contributed by atoms with Crippen LogP contribution in [0.3, 0.4) is 0 Å². The molecule has 1 saturated carbocycles. The summed E-state index contributed by atoms with van der Waals surface area (Å²) in [5.74, 6) is -0.671. The summed E-state index contributed by atoms with van der Waals surface area (Å²) in [6.45, 7) is 0. The summed E-state index contributed by atoms with van der Waals surface area (Å²) in [6.07, 6.45) is 1.34. The van der Waals surface area contributed by atoms with Crippen molar-refractivity contribution in [2.24, 2.45) is 5.73 Å². The van der Waals surface area contributed by atoms with Crippen molar-refractivity contribution < 1.29 is 19.4 Å². The third-order valence-corrected chi connectivity index (χ3v) is 6.65. The monoisotopic (exact) mass is 427 g/mol. The van der Waals surface area contributed by atoms with Gasteiger partial charge in [0.2, 0.25) is 5.91 Å². The highest BCUT2D eigenvalue weighted by Crippen LogP contribution is 2.49. The Morgan fingerprint density at radius 2 is 1.76 bits per heavy atom. The summed E-state index contributed by atoms with van der Waals surface area (Å²) in [5.41, 5.74) is 8.51. The van der Waals surface area contributed by atoms with Crippen molar-refractivity contribution in [1.29, 1.82) is 0 Å². The lowest BCUT2D eigenvalue weighted by atomic mass is 9.93. The number of aliphatic carboxylic acids is 1. The van der Waals surface area contributed by atoms with Gasteiger partial charge in [0.1, 0.15) is 5.75 Å². The zero-order valence-corrected chi connectivity index (χ0v) is 17.1. The quantitative estimate of drug-likeness (QED) is 0.581. The van der Waals surface area contributed by atoms with E-state index in [0.717, 1.165) is 22.3 Å².